The van der Waals surface area contributed by atoms with E-state index in [2.05, 4.69) is 26.1 Å². The van der Waals surface area contributed by atoms with Gasteiger partial charge in [0.2, 0.25) is 5.91 Å². The van der Waals surface area contributed by atoms with Gasteiger partial charge in [-0.1, -0.05) is 20.8 Å². The molecule has 8 nitrogen and oxygen atoms in total. The standard InChI is InChI=1S/C30H45NO7S/c1-17(4-11-27(35)31-19-5-7-21(8-6-19)39(36,37)38)22-9-10-23-28-24(16-26(34)30(22,23)3)29(2)13-12-20(32)14-18(29)15-25(28)33/h5-8,17-18,20,22-26,28,32-34H,4,9-16H2,1-3H3,(H,31,35)(H,36,37,38)/t17?,18?,20-,22-,23?,24?,25-,26+,28?,29+,30-/m1/s1. The Kier molecular flexibility index (Phi) is 7.72. The third kappa shape index (κ3) is 5.07. The number of carbonyl (C=O) groups excluding carboxylic acids is 1. The largest absolute Gasteiger partial charge is 0.393 e. The first-order chi connectivity index (χ1) is 18.2. The van der Waals surface area contributed by atoms with Crippen LogP contribution in [0.1, 0.15) is 78.6 Å². The van der Waals surface area contributed by atoms with E-state index in [0.717, 1.165) is 38.5 Å². The molecule has 4 saturated carbocycles. The molecule has 0 spiro atoms. The van der Waals surface area contributed by atoms with Gasteiger partial charge in [0.25, 0.3) is 10.1 Å². The molecule has 1 aromatic carbocycles. The summed E-state index contributed by atoms with van der Waals surface area (Å²) in [5.74, 6) is 1.28. The van der Waals surface area contributed by atoms with Crippen LogP contribution in [-0.4, -0.2) is 52.5 Å². The summed E-state index contributed by atoms with van der Waals surface area (Å²) in [5, 5.41) is 36.3. The van der Waals surface area contributed by atoms with Gasteiger partial charge in [0.1, 0.15) is 0 Å². The van der Waals surface area contributed by atoms with E-state index in [1.165, 1.54) is 24.3 Å². The quantitative estimate of drug-likeness (QED) is 0.326. The van der Waals surface area contributed by atoms with Gasteiger partial charge in [0, 0.05) is 12.1 Å². The van der Waals surface area contributed by atoms with Gasteiger partial charge in [-0.25, -0.2) is 0 Å². The van der Waals surface area contributed by atoms with Crippen molar-refractivity contribution in [1.82, 2.24) is 0 Å². The molecule has 1 amide bonds. The molecule has 0 radical (unpaired) electrons. The highest BCUT2D eigenvalue weighted by molar-refractivity contribution is 7.85. The molecule has 0 saturated heterocycles. The average molecular weight is 564 g/mol. The van der Waals surface area contributed by atoms with Crippen LogP contribution in [0.3, 0.4) is 0 Å². The molecule has 39 heavy (non-hydrogen) atoms. The first kappa shape index (κ1) is 29.0. The van der Waals surface area contributed by atoms with Crippen molar-refractivity contribution < 1.29 is 33.1 Å². The minimum atomic E-state index is -4.28. The molecule has 5 rings (SSSR count). The van der Waals surface area contributed by atoms with Crippen LogP contribution in [0.2, 0.25) is 0 Å². The first-order valence-corrected chi connectivity index (χ1v) is 16.1. The maximum absolute atomic E-state index is 12.7. The van der Waals surface area contributed by atoms with Crippen molar-refractivity contribution >= 4 is 21.7 Å². The van der Waals surface area contributed by atoms with Crippen LogP contribution in [0.4, 0.5) is 5.69 Å². The van der Waals surface area contributed by atoms with Gasteiger partial charge in [-0.3, -0.25) is 9.35 Å². The predicted octanol–water partition coefficient (Wildman–Crippen LogP) is 4.25. The number of benzene rings is 1. The summed E-state index contributed by atoms with van der Waals surface area (Å²) >= 11 is 0. The monoisotopic (exact) mass is 563 g/mol. The van der Waals surface area contributed by atoms with Crippen LogP contribution < -0.4 is 5.32 Å². The zero-order valence-electron chi connectivity index (χ0n) is 23.3. The highest BCUT2D eigenvalue weighted by Crippen LogP contribution is 2.68. The Hall–Kier alpha value is -1.52. The Morgan fingerprint density at radius 2 is 1.72 bits per heavy atom. The second-order valence-corrected chi connectivity index (χ2v) is 15.0. The molecule has 0 heterocycles. The summed E-state index contributed by atoms with van der Waals surface area (Å²) in [7, 11) is -4.28. The second-order valence-electron chi connectivity index (χ2n) is 13.6. The molecule has 218 valence electrons. The zero-order valence-corrected chi connectivity index (χ0v) is 24.1. The Morgan fingerprint density at radius 1 is 1.03 bits per heavy atom. The van der Waals surface area contributed by atoms with Crippen LogP contribution >= 0.6 is 0 Å². The lowest BCUT2D eigenvalue weighted by Gasteiger charge is -2.63. The lowest BCUT2D eigenvalue weighted by atomic mass is 9.43. The number of fused-ring (bicyclic) bond motifs is 5. The van der Waals surface area contributed by atoms with Gasteiger partial charge >= 0.3 is 0 Å². The highest BCUT2D eigenvalue weighted by atomic mass is 32.2. The van der Waals surface area contributed by atoms with Crippen LogP contribution in [0.25, 0.3) is 0 Å². The normalized spacial score (nSPS) is 42.6. The van der Waals surface area contributed by atoms with Crippen molar-refractivity contribution in [2.75, 3.05) is 5.32 Å². The number of hydrogen-bond donors (Lipinski definition) is 5. The van der Waals surface area contributed by atoms with Crippen LogP contribution in [-0.2, 0) is 14.9 Å². The molecule has 4 fully saturated rings. The van der Waals surface area contributed by atoms with Crippen molar-refractivity contribution in [2.45, 2.75) is 102 Å². The van der Waals surface area contributed by atoms with Crippen molar-refractivity contribution in [2.24, 2.45) is 46.3 Å². The van der Waals surface area contributed by atoms with E-state index in [0.29, 0.717) is 30.9 Å². The number of aliphatic hydroxyl groups excluding tert-OH is 3. The number of carbonyl (C=O) groups is 1. The van der Waals surface area contributed by atoms with Crippen LogP contribution in [0.15, 0.2) is 29.2 Å². The molecule has 1 aromatic rings. The van der Waals surface area contributed by atoms with E-state index < -0.39 is 22.3 Å². The van der Waals surface area contributed by atoms with Crippen LogP contribution in [0.5, 0.6) is 0 Å². The molecule has 0 bridgehead atoms. The van der Waals surface area contributed by atoms with E-state index in [1.807, 2.05) is 0 Å². The van der Waals surface area contributed by atoms with Gasteiger partial charge in [-0.2, -0.15) is 8.42 Å². The Balaban J connectivity index is 1.24. The van der Waals surface area contributed by atoms with E-state index in [1.54, 1.807) is 0 Å². The number of amides is 1. The van der Waals surface area contributed by atoms with Crippen molar-refractivity contribution in [3.05, 3.63) is 24.3 Å². The summed E-state index contributed by atoms with van der Waals surface area (Å²) in [5.41, 5.74) is 0.211. The number of aliphatic hydroxyl groups is 3. The highest BCUT2D eigenvalue weighted by Gasteiger charge is 2.65. The number of anilines is 1. The third-order valence-corrected chi connectivity index (χ3v) is 12.7. The van der Waals surface area contributed by atoms with Crippen molar-refractivity contribution in [1.29, 1.82) is 0 Å². The molecule has 5 unspecified atom stereocenters. The van der Waals surface area contributed by atoms with Crippen molar-refractivity contribution in [3.8, 4) is 0 Å². The van der Waals surface area contributed by atoms with Crippen molar-refractivity contribution in [3.63, 3.8) is 0 Å². The second kappa shape index (κ2) is 10.4. The molecule has 5 N–H and O–H groups in total. The molecule has 11 atom stereocenters. The molecule has 0 aliphatic heterocycles. The molecule has 4 aliphatic rings. The molecular formula is C30H45NO7S. The van der Waals surface area contributed by atoms with Crippen LogP contribution in [0, 0.1) is 46.3 Å². The fraction of sp³-hybridized carbons (Fsp3) is 0.767. The third-order valence-electron chi connectivity index (χ3n) is 11.8. The SMILES string of the molecule is CC(CCC(=O)Nc1ccc(S(=O)(=O)O)cc1)[C@H]1CCC2C3C(C[C@H](O)[C@@]21C)[C@@]1(C)CC[C@@H](O)CC1C[C@H]3O. The van der Waals surface area contributed by atoms with Gasteiger partial charge in [-0.15, -0.1) is 0 Å². The Morgan fingerprint density at radius 3 is 2.38 bits per heavy atom. The Labute approximate surface area is 232 Å². The topological polar surface area (TPSA) is 144 Å². The van der Waals surface area contributed by atoms with Gasteiger partial charge < -0.3 is 20.6 Å². The maximum atomic E-state index is 12.7. The fourth-order valence-electron chi connectivity index (χ4n) is 9.63. The van der Waals surface area contributed by atoms with Gasteiger partial charge in [-0.05, 0) is 122 Å². The van der Waals surface area contributed by atoms with E-state index in [9.17, 15) is 28.5 Å². The number of nitrogens with one attached hydrogen (secondary N) is 1. The summed E-state index contributed by atoms with van der Waals surface area (Å²) in [4.78, 5) is 12.5. The molecule has 0 aromatic heterocycles. The fourth-order valence-corrected chi connectivity index (χ4v) is 10.1. The summed E-state index contributed by atoms with van der Waals surface area (Å²) in [6, 6.07) is 5.41. The molecular weight excluding hydrogens is 518 g/mol. The maximum Gasteiger partial charge on any atom is 0.294 e. The minimum absolute atomic E-state index is 0.0484. The van der Waals surface area contributed by atoms with E-state index in [-0.39, 0.29) is 57.3 Å². The number of hydrogen-bond acceptors (Lipinski definition) is 6. The molecule has 4 aliphatic carbocycles. The first-order valence-electron chi connectivity index (χ1n) is 14.7. The zero-order chi connectivity index (χ0) is 28.3. The molecule has 9 heteroatoms. The average Bonchev–Trinajstić information content (AvgIpc) is 3.22. The minimum Gasteiger partial charge on any atom is -0.393 e. The summed E-state index contributed by atoms with van der Waals surface area (Å²) in [6.07, 6.45) is 5.75. The van der Waals surface area contributed by atoms with Gasteiger partial charge in [0.05, 0.1) is 23.2 Å². The smallest absolute Gasteiger partial charge is 0.294 e. The number of rotatable bonds is 6. The van der Waals surface area contributed by atoms with E-state index >= 15 is 0 Å². The summed E-state index contributed by atoms with van der Waals surface area (Å²) in [6.45, 7) is 6.73. The summed E-state index contributed by atoms with van der Waals surface area (Å²) < 4.78 is 31.6. The van der Waals surface area contributed by atoms with Gasteiger partial charge in [0.15, 0.2) is 0 Å². The lowest BCUT2D eigenvalue weighted by molar-refractivity contribution is -0.207. The lowest BCUT2D eigenvalue weighted by Crippen LogP contribution is -2.62. The predicted molar refractivity (Wildman–Crippen MR) is 147 cm³/mol. The van der Waals surface area contributed by atoms with E-state index in [4.69, 9.17) is 4.55 Å². The Bertz CT molecular complexity index is 1170.